The Balaban J connectivity index is 2.73. The molecule has 1 heterocycles. The van der Waals surface area contributed by atoms with Crippen molar-refractivity contribution in [3.05, 3.63) is 22.6 Å². The summed E-state index contributed by atoms with van der Waals surface area (Å²) in [7, 11) is 0. The second-order valence-electron chi connectivity index (χ2n) is 3.77. The van der Waals surface area contributed by atoms with Crippen LogP contribution in [-0.4, -0.2) is 0 Å². The molecule has 0 saturated heterocycles. The number of hydrogen-bond acceptors (Lipinski definition) is 2. The van der Waals surface area contributed by atoms with Gasteiger partial charge in [-0.1, -0.05) is 20.8 Å². The first-order valence-electron chi connectivity index (χ1n) is 4.53. The first-order chi connectivity index (χ1) is 6.02. The van der Waals surface area contributed by atoms with Crippen LogP contribution in [0.25, 0.3) is 0 Å². The molecule has 3 heteroatoms. The van der Waals surface area contributed by atoms with Crippen molar-refractivity contribution in [3.8, 4) is 0 Å². The van der Waals surface area contributed by atoms with Crippen molar-refractivity contribution in [2.24, 2.45) is 17.6 Å². The lowest BCUT2D eigenvalue weighted by Gasteiger charge is -2.21. The Morgan fingerprint density at radius 1 is 1.31 bits per heavy atom. The van der Waals surface area contributed by atoms with Gasteiger partial charge in [0.1, 0.15) is 5.76 Å². The topological polar surface area (TPSA) is 39.2 Å². The van der Waals surface area contributed by atoms with E-state index in [1.807, 2.05) is 12.1 Å². The molecule has 0 fully saturated rings. The van der Waals surface area contributed by atoms with Crippen molar-refractivity contribution in [2.45, 2.75) is 26.8 Å². The lowest BCUT2D eigenvalue weighted by atomic mass is 9.90. The Bertz CT molecular complexity index is 270. The third-order valence-electron chi connectivity index (χ3n) is 2.54. The van der Waals surface area contributed by atoms with Gasteiger partial charge >= 0.3 is 0 Å². The largest absolute Gasteiger partial charge is 0.453 e. The summed E-state index contributed by atoms with van der Waals surface area (Å²) in [5, 5.41) is 0. The zero-order chi connectivity index (χ0) is 10.0. The average molecular weight is 246 g/mol. The van der Waals surface area contributed by atoms with Crippen molar-refractivity contribution < 1.29 is 4.42 Å². The van der Waals surface area contributed by atoms with Crippen molar-refractivity contribution >= 4 is 15.9 Å². The van der Waals surface area contributed by atoms with Gasteiger partial charge in [-0.3, -0.25) is 0 Å². The highest BCUT2D eigenvalue weighted by atomic mass is 79.9. The Labute approximate surface area is 87.6 Å². The molecule has 1 rings (SSSR count). The minimum Gasteiger partial charge on any atom is -0.453 e. The van der Waals surface area contributed by atoms with Crippen LogP contribution in [0.1, 0.15) is 32.6 Å². The normalized spacial score (nSPS) is 16.2. The predicted molar refractivity (Wildman–Crippen MR) is 57.3 cm³/mol. The van der Waals surface area contributed by atoms with Crippen LogP contribution in [0.2, 0.25) is 0 Å². The van der Waals surface area contributed by atoms with Crippen LogP contribution < -0.4 is 5.73 Å². The van der Waals surface area contributed by atoms with Crippen LogP contribution >= 0.6 is 15.9 Å². The summed E-state index contributed by atoms with van der Waals surface area (Å²) < 4.78 is 6.15. The molecule has 0 saturated carbocycles. The quantitative estimate of drug-likeness (QED) is 0.888. The third-order valence-corrected chi connectivity index (χ3v) is 2.97. The third kappa shape index (κ3) is 2.58. The zero-order valence-corrected chi connectivity index (χ0v) is 9.84. The molecule has 0 amide bonds. The van der Waals surface area contributed by atoms with Crippen LogP contribution in [0.3, 0.4) is 0 Å². The van der Waals surface area contributed by atoms with Crippen LogP contribution in [0, 0.1) is 11.8 Å². The molecule has 2 N–H and O–H groups in total. The highest BCUT2D eigenvalue weighted by Crippen LogP contribution is 2.28. The summed E-state index contributed by atoms with van der Waals surface area (Å²) in [6.07, 6.45) is 0. The van der Waals surface area contributed by atoms with E-state index in [0.717, 1.165) is 10.4 Å². The van der Waals surface area contributed by atoms with Crippen LogP contribution in [0.4, 0.5) is 0 Å². The van der Waals surface area contributed by atoms with E-state index in [1.165, 1.54) is 0 Å². The van der Waals surface area contributed by atoms with Crippen LogP contribution in [0.5, 0.6) is 0 Å². The second kappa shape index (κ2) is 4.29. The van der Waals surface area contributed by atoms with E-state index in [4.69, 9.17) is 10.2 Å². The molecule has 0 aliphatic carbocycles. The Morgan fingerprint density at radius 3 is 2.31 bits per heavy atom. The lowest BCUT2D eigenvalue weighted by molar-refractivity contribution is 0.308. The molecule has 1 aromatic rings. The highest BCUT2D eigenvalue weighted by Gasteiger charge is 2.20. The van der Waals surface area contributed by atoms with Gasteiger partial charge in [-0.25, -0.2) is 0 Å². The predicted octanol–water partition coefficient (Wildman–Crippen LogP) is 3.33. The van der Waals surface area contributed by atoms with Crippen molar-refractivity contribution in [3.63, 3.8) is 0 Å². The van der Waals surface area contributed by atoms with Gasteiger partial charge in [0.05, 0.1) is 6.04 Å². The first kappa shape index (κ1) is 10.8. The van der Waals surface area contributed by atoms with Gasteiger partial charge in [-0.15, -0.1) is 0 Å². The minimum absolute atomic E-state index is 0.00806. The van der Waals surface area contributed by atoms with E-state index in [1.54, 1.807) is 0 Å². The Kier molecular flexibility index (Phi) is 3.56. The van der Waals surface area contributed by atoms with E-state index >= 15 is 0 Å². The fraction of sp³-hybridized carbons (Fsp3) is 0.600. The summed E-state index contributed by atoms with van der Waals surface area (Å²) in [6, 6.07) is 3.79. The van der Waals surface area contributed by atoms with E-state index < -0.39 is 0 Å². The molecular formula is C10H16BrNO. The van der Waals surface area contributed by atoms with Crippen LogP contribution in [0.15, 0.2) is 21.2 Å². The number of halogens is 1. The molecule has 0 radical (unpaired) electrons. The summed E-state index contributed by atoms with van der Waals surface area (Å²) in [5.74, 6) is 1.85. The van der Waals surface area contributed by atoms with E-state index in [0.29, 0.717) is 11.8 Å². The fourth-order valence-electron chi connectivity index (χ4n) is 1.18. The molecule has 0 bridgehead atoms. The molecule has 0 aliphatic heterocycles. The van der Waals surface area contributed by atoms with Crippen molar-refractivity contribution in [1.82, 2.24) is 0 Å². The maximum atomic E-state index is 6.04. The number of furan rings is 1. The van der Waals surface area contributed by atoms with E-state index in [-0.39, 0.29) is 6.04 Å². The fourth-order valence-corrected chi connectivity index (χ4v) is 1.50. The summed E-state index contributed by atoms with van der Waals surface area (Å²) >= 11 is 3.26. The molecule has 1 aromatic heterocycles. The Morgan fingerprint density at radius 2 is 1.92 bits per heavy atom. The van der Waals surface area contributed by atoms with Crippen LogP contribution in [-0.2, 0) is 0 Å². The number of rotatable bonds is 3. The van der Waals surface area contributed by atoms with E-state index in [9.17, 15) is 0 Å². The average Bonchev–Trinajstić information content (AvgIpc) is 2.49. The molecule has 0 aromatic carbocycles. The zero-order valence-electron chi connectivity index (χ0n) is 8.25. The van der Waals surface area contributed by atoms with Gasteiger partial charge in [-0.2, -0.15) is 0 Å². The number of nitrogens with two attached hydrogens (primary N) is 1. The van der Waals surface area contributed by atoms with Gasteiger partial charge in [-0.05, 0) is 39.9 Å². The standard InChI is InChI=1S/C10H16BrNO/c1-6(2)7(3)10(12)8-4-5-9(11)13-8/h4-7,10H,12H2,1-3H3. The summed E-state index contributed by atoms with van der Waals surface area (Å²) in [4.78, 5) is 0. The molecule has 13 heavy (non-hydrogen) atoms. The molecule has 0 spiro atoms. The Hall–Kier alpha value is -0.280. The SMILES string of the molecule is CC(C)C(C)C(N)c1ccc(Br)o1. The molecule has 74 valence electrons. The summed E-state index contributed by atoms with van der Waals surface area (Å²) in [6.45, 7) is 6.48. The molecule has 2 unspecified atom stereocenters. The maximum absolute atomic E-state index is 6.04. The van der Waals surface area contributed by atoms with E-state index in [2.05, 4.69) is 36.7 Å². The maximum Gasteiger partial charge on any atom is 0.169 e. The van der Waals surface area contributed by atoms with Gasteiger partial charge in [0, 0.05) is 0 Å². The molecule has 2 nitrogen and oxygen atoms in total. The van der Waals surface area contributed by atoms with Crippen molar-refractivity contribution in [2.75, 3.05) is 0 Å². The van der Waals surface area contributed by atoms with Crippen molar-refractivity contribution in [1.29, 1.82) is 0 Å². The minimum atomic E-state index is -0.00806. The van der Waals surface area contributed by atoms with Gasteiger partial charge < -0.3 is 10.2 Å². The van der Waals surface area contributed by atoms with Gasteiger partial charge in [0.25, 0.3) is 0 Å². The molecule has 2 atom stereocenters. The lowest BCUT2D eigenvalue weighted by Crippen LogP contribution is -2.22. The molecule has 0 aliphatic rings. The highest BCUT2D eigenvalue weighted by molar-refractivity contribution is 9.10. The monoisotopic (exact) mass is 245 g/mol. The molecular weight excluding hydrogens is 230 g/mol. The smallest absolute Gasteiger partial charge is 0.169 e. The first-order valence-corrected chi connectivity index (χ1v) is 5.32. The second-order valence-corrected chi connectivity index (χ2v) is 4.55. The van der Waals surface area contributed by atoms with Gasteiger partial charge in [0.2, 0.25) is 0 Å². The van der Waals surface area contributed by atoms with Gasteiger partial charge in [0.15, 0.2) is 4.67 Å². The summed E-state index contributed by atoms with van der Waals surface area (Å²) in [5.41, 5.74) is 6.04. The number of hydrogen-bond donors (Lipinski definition) is 1.